The Kier molecular flexibility index (Phi) is 3.71. The van der Waals surface area contributed by atoms with Crippen LogP contribution in [0.2, 0.25) is 0 Å². The van der Waals surface area contributed by atoms with E-state index < -0.39 is 0 Å². The van der Waals surface area contributed by atoms with E-state index in [2.05, 4.69) is 18.8 Å². The van der Waals surface area contributed by atoms with Crippen LogP contribution in [0.3, 0.4) is 0 Å². The van der Waals surface area contributed by atoms with Crippen LogP contribution < -0.4 is 10.6 Å². The molecule has 0 amide bonds. The van der Waals surface area contributed by atoms with Gasteiger partial charge in [0.05, 0.1) is 6.61 Å². The van der Waals surface area contributed by atoms with E-state index in [1.807, 2.05) is 17.0 Å². The average Bonchev–Trinajstić information content (AvgIpc) is 2.13. The Labute approximate surface area is 84.4 Å². The van der Waals surface area contributed by atoms with Crippen LogP contribution in [0.1, 0.15) is 13.8 Å². The van der Waals surface area contributed by atoms with Gasteiger partial charge in [-0.3, -0.25) is 0 Å². The molecule has 14 heavy (non-hydrogen) atoms. The predicted molar refractivity (Wildman–Crippen MR) is 58.2 cm³/mol. The number of nitrogens with two attached hydrogens (primary N) is 1. The summed E-state index contributed by atoms with van der Waals surface area (Å²) in [5, 5.41) is 8.92. The molecule has 4 heteroatoms. The van der Waals surface area contributed by atoms with Crippen LogP contribution >= 0.6 is 0 Å². The molecule has 4 nitrogen and oxygen atoms in total. The van der Waals surface area contributed by atoms with Gasteiger partial charge in [-0.2, -0.15) is 0 Å². The lowest BCUT2D eigenvalue weighted by molar-refractivity contribution is 0.298. The third-order valence-corrected chi connectivity index (χ3v) is 2.01. The SMILES string of the molecule is CC(C)N(CCO)c1cccc(N)n1. The molecular formula is C10H17N3O. The first kappa shape index (κ1) is 10.8. The topological polar surface area (TPSA) is 62.4 Å². The van der Waals surface area contributed by atoms with Gasteiger partial charge < -0.3 is 15.7 Å². The smallest absolute Gasteiger partial charge is 0.131 e. The second-order valence-corrected chi connectivity index (χ2v) is 3.43. The molecule has 0 saturated heterocycles. The number of aromatic nitrogens is 1. The van der Waals surface area contributed by atoms with Crippen molar-refractivity contribution in [2.75, 3.05) is 23.8 Å². The fourth-order valence-corrected chi connectivity index (χ4v) is 1.34. The summed E-state index contributed by atoms with van der Waals surface area (Å²) in [6, 6.07) is 5.81. The van der Waals surface area contributed by atoms with Gasteiger partial charge in [-0.05, 0) is 26.0 Å². The van der Waals surface area contributed by atoms with Crippen molar-refractivity contribution in [3.8, 4) is 0 Å². The van der Waals surface area contributed by atoms with Crippen LogP contribution in [0, 0.1) is 0 Å². The van der Waals surface area contributed by atoms with E-state index in [1.54, 1.807) is 6.07 Å². The highest BCUT2D eigenvalue weighted by molar-refractivity contribution is 5.45. The number of nitrogens with zero attached hydrogens (tertiary/aromatic N) is 2. The molecule has 1 heterocycles. The highest BCUT2D eigenvalue weighted by Crippen LogP contribution is 2.14. The van der Waals surface area contributed by atoms with E-state index in [9.17, 15) is 0 Å². The number of rotatable bonds is 4. The minimum atomic E-state index is 0.120. The molecule has 1 rings (SSSR count). The summed E-state index contributed by atoms with van der Waals surface area (Å²) < 4.78 is 0. The Hall–Kier alpha value is -1.29. The molecule has 0 spiro atoms. The van der Waals surface area contributed by atoms with Crippen molar-refractivity contribution in [2.24, 2.45) is 0 Å². The Bertz CT molecular complexity index is 288. The summed E-state index contributed by atoms with van der Waals surface area (Å²) in [5.41, 5.74) is 5.59. The average molecular weight is 195 g/mol. The van der Waals surface area contributed by atoms with E-state index in [4.69, 9.17) is 10.8 Å². The summed E-state index contributed by atoms with van der Waals surface area (Å²) in [6.07, 6.45) is 0. The molecule has 0 aliphatic heterocycles. The zero-order valence-corrected chi connectivity index (χ0v) is 8.64. The van der Waals surface area contributed by atoms with Crippen molar-refractivity contribution in [1.82, 2.24) is 4.98 Å². The number of aliphatic hydroxyl groups is 1. The lowest BCUT2D eigenvalue weighted by atomic mass is 10.3. The number of pyridine rings is 1. The van der Waals surface area contributed by atoms with Gasteiger partial charge in [0.2, 0.25) is 0 Å². The van der Waals surface area contributed by atoms with Gasteiger partial charge >= 0.3 is 0 Å². The van der Waals surface area contributed by atoms with Crippen molar-refractivity contribution < 1.29 is 5.11 Å². The van der Waals surface area contributed by atoms with Crippen LogP contribution in [0.15, 0.2) is 18.2 Å². The van der Waals surface area contributed by atoms with E-state index >= 15 is 0 Å². The first-order valence-corrected chi connectivity index (χ1v) is 4.75. The number of hydrogen-bond donors (Lipinski definition) is 2. The fraction of sp³-hybridized carbons (Fsp3) is 0.500. The quantitative estimate of drug-likeness (QED) is 0.748. The van der Waals surface area contributed by atoms with Crippen LogP contribution in [0.4, 0.5) is 11.6 Å². The van der Waals surface area contributed by atoms with Crippen LogP contribution in [-0.2, 0) is 0 Å². The molecule has 0 atom stereocenters. The Morgan fingerprint density at radius 3 is 2.71 bits per heavy atom. The third-order valence-electron chi connectivity index (χ3n) is 2.01. The largest absolute Gasteiger partial charge is 0.395 e. The molecule has 0 saturated carbocycles. The molecule has 0 aliphatic rings. The van der Waals surface area contributed by atoms with E-state index in [0.29, 0.717) is 18.4 Å². The van der Waals surface area contributed by atoms with Gasteiger partial charge in [0, 0.05) is 12.6 Å². The van der Waals surface area contributed by atoms with Gasteiger partial charge in [-0.25, -0.2) is 4.98 Å². The van der Waals surface area contributed by atoms with Gasteiger partial charge in [0.1, 0.15) is 11.6 Å². The standard InChI is InChI=1S/C10H17N3O/c1-8(2)13(6-7-14)10-5-3-4-9(11)12-10/h3-5,8,14H,6-7H2,1-2H3,(H2,11,12). The van der Waals surface area contributed by atoms with Crippen molar-refractivity contribution in [2.45, 2.75) is 19.9 Å². The highest BCUT2D eigenvalue weighted by atomic mass is 16.3. The number of nitrogen functional groups attached to an aromatic ring is 1. The second kappa shape index (κ2) is 4.81. The van der Waals surface area contributed by atoms with Crippen LogP contribution in [0.5, 0.6) is 0 Å². The first-order valence-electron chi connectivity index (χ1n) is 4.75. The number of hydrogen-bond acceptors (Lipinski definition) is 4. The summed E-state index contributed by atoms with van der Waals surface area (Å²) in [4.78, 5) is 6.22. The molecule has 0 aromatic carbocycles. The monoisotopic (exact) mass is 195 g/mol. The Balaban J connectivity index is 2.87. The fourth-order valence-electron chi connectivity index (χ4n) is 1.34. The van der Waals surface area contributed by atoms with E-state index in [0.717, 1.165) is 5.82 Å². The lowest BCUT2D eigenvalue weighted by Crippen LogP contribution is -2.34. The lowest BCUT2D eigenvalue weighted by Gasteiger charge is -2.27. The van der Waals surface area contributed by atoms with Crippen molar-refractivity contribution in [1.29, 1.82) is 0 Å². The van der Waals surface area contributed by atoms with Crippen molar-refractivity contribution >= 4 is 11.6 Å². The molecule has 1 aromatic heterocycles. The van der Waals surface area contributed by atoms with Crippen molar-refractivity contribution in [3.05, 3.63) is 18.2 Å². The maximum atomic E-state index is 8.92. The van der Waals surface area contributed by atoms with Gasteiger partial charge in [-0.1, -0.05) is 6.07 Å². The molecule has 0 bridgehead atoms. The van der Waals surface area contributed by atoms with Gasteiger partial charge in [0.15, 0.2) is 0 Å². The van der Waals surface area contributed by atoms with Gasteiger partial charge in [-0.15, -0.1) is 0 Å². The molecular weight excluding hydrogens is 178 g/mol. The van der Waals surface area contributed by atoms with E-state index in [-0.39, 0.29) is 6.61 Å². The molecule has 1 aromatic rings. The molecule has 3 N–H and O–H groups in total. The summed E-state index contributed by atoms with van der Waals surface area (Å²) in [7, 11) is 0. The zero-order valence-electron chi connectivity index (χ0n) is 8.64. The number of aliphatic hydroxyl groups excluding tert-OH is 1. The van der Waals surface area contributed by atoms with Crippen molar-refractivity contribution in [3.63, 3.8) is 0 Å². The highest BCUT2D eigenvalue weighted by Gasteiger charge is 2.10. The third kappa shape index (κ3) is 2.60. The Morgan fingerprint density at radius 2 is 2.21 bits per heavy atom. The Morgan fingerprint density at radius 1 is 1.50 bits per heavy atom. The molecule has 0 fully saturated rings. The summed E-state index contributed by atoms with van der Waals surface area (Å²) in [5.74, 6) is 1.32. The molecule has 0 aliphatic carbocycles. The first-order chi connectivity index (χ1) is 6.65. The van der Waals surface area contributed by atoms with E-state index in [1.165, 1.54) is 0 Å². The number of anilines is 2. The molecule has 0 radical (unpaired) electrons. The second-order valence-electron chi connectivity index (χ2n) is 3.43. The van der Waals surface area contributed by atoms with Crippen LogP contribution in [-0.4, -0.2) is 29.3 Å². The molecule has 0 unspecified atom stereocenters. The van der Waals surface area contributed by atoms with Gasteiger partial charge in [0.25, 0.3) is 0 Å². The summed E-state index contributed by atoms with van der Waals surface area (Å²) in [6.45, 7) is 4.81. The summed E-state index contributed by atoms with van der Waals surface area (Å²) >= 11 is 0. The predicted octanol–water partition coefficient (Wildman–Crippen LogP) is 0.871. The maximum Gasteiger partial charge on any atom is 0.131 e. The molecule has 78 valence electrons. The van der Waals surface area contributed by atoms with Crippen LogP contribution in [0.25, 0.3) is 0 Å². The normalized spacial score (nSPS) is 10.6. The zero-order chi connectivity index (χ0) is 10.6. The minimum Gasteiger partial charge on any atom is -0.395 e. The minimum absolute atomic E-state index is 0.120. The maximum absolute atomic E-state index is 8.92.